The normalized spacial score (nSPS) is 14.7. The van der Waals surface area contributed by atoms with Gasteiger partial charge in [-0.25, -0.2) is 4.98 Å². The first-order valence-corrected chi connectivity index (χ1v) is 7.60. The summed E-state index contributed by atoms with van der Waals surface area (Å²) in [5, 5.41) is 8.01. The Morgan fingerprint density at radius 3 is 2.63 bits per heavy atom. The molecule has 1 N–H and O–H groups in total. The van der Waals surface area contributed by atoms with Crippen molar-refractivity contribution in [1.82, 2.24) is 4.98 Å². The largest absolute Gasteiger partial charge is 0.253 e. The first-order valence-electron chi connectivity index (χ1n) is 6.34. The lowest BCUT2D eigenvalue weighted by molar-refractivity contribution is 0.886. The van der Waals surface area contributed by atoms with Gasteiger partial charge in [0, 0.05) is 21.7 Å². The van der Waals surface area contributed by atoms with Gasteiger partial charge in [0.15, 0.2) is 0 Å². The first-order chi connectivity index (χ1) is 9.31. The molecule has 1 saturated carbocycles. The van der Waals surface area contributed by atoms with Crippen LogP contribution in [0.4, 0.5) is 5.13 Å². The molecule has 3 nitrogen and oxygen atoms in total. The highest BCUT2D eigenvalue weighted by atomic mass is 35.5. The van der Waals surface area contributed by atoms with E-state index in [9.17, 15) is 0 Å². The lowest BCUT2D eigenvalue weighted by atomic mass is 10.2. The van der Waals surface area contributed by atoms with Crippen molar-refractivity contribution in [3.8, 4) is 11.3 Å². The smallest absolute Gasteiger partial charge is 0.203 e. The van der Waals surface area contributed by atoms with E-state index in [1.165, 1.54) is 18.6 Å². The third-order valence-electron chi connectivity index (χ3n) is 3.13. The van der Waals surface area contributed by atoms with E-state index < -0.39 is 0 Å². The highest BCUT2D eigenvalue weighted by Gasteiger charge is 2.08. The minimum absolute atomic E-state index is 0.741. The summed E-state index contributed by atoms with van der Waals surface area (Å²) in [5.74, 6) is 0. The molecule has 19 heavy (non-hydrogen) atoms. The molecule has 1 heterocycles. The third-order valence-corrected chi connectivity index (χ3v) is 4.13. The van der Waals surface area contributed by atoms with E-state index in [-0.39, 0.29) is 0 Å². The number of anilines is 1. The second-order valence-electron chi connectivity index (χ2n) is 4.54. The molecule has 0 saturated heterocycles. The summed E-state index contributed by atoms with van der Waals surface area (Å²) in [6.45, 7) is 0. The maximum absolute atomic E-state index is 5.88. The van der Waals surface area contributed by atoms with Crippen LogP contribution in [-0.2, 0) is 0 Å². The molecule has 98 valence electrons. The van der Waals surface area contributed by atoms with Crippen molar-refractivity contribution >= 4 is 33.8 Å². The average molecular weight is 292 g/mol. The van der Waals surface area contributed by atoms with Crippen molar-refractivity contribution in [2.45, 2.75) is 25.7 Å². The first kappa shape index (κ1) is 12.6. The summed E-state index contributed by atoms with van der Waals surface area (Å²) < 4.78 is 0. The molecule has 0 aliphatic heterocycles. The number of hydrazone groups is 1. The van der Waals surface area contributed by atoms with Crippen LogP contribution in [0.1, 0.15) is 25.7 Å². The van der Waals surface area contributed by atoms with Gasteiger partial charge in [-0.3, -0.25) is 5.43 Å². The van der Waals surface area contributed by atoms with Crippen molar-refractivity contribution in [1.29, 1.82) is 0 Å². The van der Waals surface area contributed by atoms with Crippen LogP contribution in [0.5, 0.6) is 0 Å². The van der Waals surface area contributed by atoms with Crippen LogP contribution in [0, 0.1) is 0 Å². The fourth-order valence-electron chi connectivity index (χ4n) is 2.10. The Bertz CT molecular complexity index is 581. The fourth-order valence-corrected chi connectivity index (χ4v) is 2.89. The second-order valence-corrected chi connectivity index (χ2v) is 5.84. The Kier molecular flexibility index (Phi) is 3.80. The van der Waals surface area contributed by atoms with E-state index in [0.717, 1.165) is 34.3 Å². The van der Waals surface area contributed by atoms with E-state index in [0.29, 0.717) is 0 Å². The molecule has 3 rings (SSSR count). The van der Waals surface area contributed by atoms with Crippen molar-refractivity contribution in [3.63, 3.8) is 0 Å². The average Bonchev–Trinajstić information content (AvgIpc) is 3.09. The Balaban J connectivity index is 1.72. The second kappa shape index (κ2) is 5.72. The number of rotatable bonds is 3. The summed E-state index contributed by atoms with van der Waals surface area (Å²) in [7, 11) is 0. The maximum atomic E-state index is 5.88. The van der Waals surface area contributed by atoms with Gasteiger partial charge < -0.3 is 0 Å². The Morgan fingerprint density at radius 2 is 1.89 bits per heavy atom. The lowest BCUT2D eigenvalue weighted by Crippen LogP contribution is -1.95. The van der Waals surface area contributed by atoms with Crippen molar-refractivity contribution < 1.29 is 0 Å². The molecule has 0 radical (unpaired) electrons. The van der Waals surface area contributed by atoms with Crippen LogP contribution in [0.25, 0.3) is 11.3 Å². The third kappa shape index (κ3) is 3.14. The molecule has 1 aromatic heterocycles. The summed E-state index contributed by atoms with van der Waals surface area (Å²) in [6, 6.07) is 7.71. The summed E-state index contributed by atoms with van der Waals surface area (Å²) in [4.78, 5) is 4.53. The Hall–Kier alpha value is -1.39. The van der Waals surface area contributed by atoms with E-state index in [4.69, 9.17) is 11.6 Å². The Morgan fingerprint density at radius 1 is 1.16 bits per heavy atom. The van der Waals surface area contributed by atoms with Gasteiger partial charge >= 0.3 is 0 Å². The number of hydrogen-bond donors (Lipinski definition) is 1. The van der Waals surface area contributed by atoms with Crippen LogP contribution >= 0.6 is 22.9 Å². The predicted molar refractivity (Wildman–Crippen MR) is 82.1 cm³/mol. The molecule has 0 unspecified atom stereocenters. The van der Waals surface area contributed by atoms with Gasteiger partial charge in [0.25, 0.3) is 0 Å². The zero-order valence-electron chi connectivity index (χ0n) is 10.4. The molecule has 0 amide bonds. The van der Waals surface area contributed by atoms with E-state index in [1.54, 1.807) is 11.3 Å². The molecule has 5 heteroatoms. The number of benzene rings is 1. The van der Waals surface area contributed by atoms with Gasteiger partial charge in [-0.15, -0.1) is 11.3 Å². The van der Waals surface area contributed by atoms with Gasteiger partial charge in [0.1, 0.15) is 0 Å². The number of hydrogen-bond acceptors (Lipinski definition) is 4. The SMILES string of the molecule is Clc1ccc(-c2csc(NN=C3CCCC3)n2)cc1. The van der Waals surface area contributed by atoms with Crippen LogP contribution < -0.4 is 5.43 Å². The van der Waals surface area contributed by atoms with Gasteiger partial charge in [-0.2, -0.15) is 5.10 Å². The number of thiazole rings is 1. The molecule has 2 aromatic rings. The molecule has 0 spiro atoms. The van der Waals surface area contributed by atoms with E-state index in [2.05, 4.69) is 15.5 Å². The number of aromatic nitrogens is 1. The number of nitrogens with zero attached hydrogens (tertiary/aromatic N) is 2. The molecular weight excluding hydrogens is 278 g/mol. The molecule has 1 aromatic carbocycles. The number of nitrogens with one attached hydrogen (secondary N) is 1. The van der Waals surface area contributed by atoms with Gasteiger partial charge in [-0.1, -0.05) is 23.7 Å². The minimum atomic E-state index is 0.741. The summed E-state index contributed by atoms with van der Waals surface area (Å²) >= 11 is 7.45. The predicted octanol–water partition coefficient (Wildman–Crippen LogP) is 4.81. The fraction of sp³-hybridized carbons (Fsp3) is 0.286. The van der Waals surface area contributed by atoms with Crippen molar-refractivity contribution in [2.24, 2.45) is 5.10 Å². The van der Waals surface area contributed by atoms with E-state index in [1.807, 2.05) is 29.6 Å². The molecular formula is C14H14ClN3S. The van der Waals surface area contributed by atoms with Crippen molar-refractivity contribution in [3.05, 3.63) is 34.7 Å². The van der Waals surface area contributed by atoms with Gasteiger partial charge in [0.2, 0.25) is 5.13 Å². The monoisotopic (exact) mass is 291 g/mol. The molecule has 1 fully saturated rings. The van der Waals surface area contributed by atoms with Gasteiger partial charge in [0.05, 0.1) is 5.69 Å². The quantitative estimate of drug-likeness (QED) is 0.824. The molecule has 1 aliphatic carbocycles. The van der Waals surface area contributed by atoms with Gasteiger partial charge in [-0.05, 0) is 37.8 Å². The van der Waals surface area contributed by atoms with Crippen LogP contribution in [0.15, 0.2) is 34.7 Å². The zero-order valence-corrected chi connectivity index (χ0v) is 12.0. The van der Waals surface area contributed by atoms with Crippen molar-refractivity contribution in [2.75, 3.05) is 5.43 Å². The molecule has 0 atom stereocenters. The summed E-state index contributed by atoms with van der Waals surface area (Å²) in [6.07, 6.45) is 4.74. The minimum Gasteiger partial charge on any atom is -0.253 e. The maximum Gasteiger partial charge on any atom is 0.203 e. The van der Waals surface area contributed by atoms with Crippen LogP contribution in [0.2, 0.25) is 5.02 Å². The highest BCUT2D eigenvalue weighted by molar-refractivity contribution is 7.14. The molecule has 0 bridgehead atoms. The summed E-state index contributed by atoms with van der Waals surface area (Å²) in [5.41, 5.74) is 6.34. The zero-order chi connectivity index (χ0) is 13.1. The van der Waals surface area contributed by atoms with Crippen LogP contribution in [0.3, 0.4) is 0 Å². The topological polar surface area (TPSA) is 37.3 Å². The molecule has 1 aliphatic rings. The highest BCUT2D eigenvalue weighted by Crippen LogP contribution is 2.26. The lowest BCUT2D eigenvalue weighted by Gasteiger charge is -1.97. The number of halogens is 1. The standard InChI is InChI=1S/C14H14ClN3S/c15-11-7-5-10(6-8-11)13-9-19-14(16-13)18-17-12-3-1-2-4-12/h5-9H,1-4H2,(H,16,18). The van der Waals surface area contributed by atoms with Crippen LogP contribution in [-0.4, -0.2) is 10.7 Å². The Labute approximate surface area is 121 Å². The van der Waals surface area contributed by atoms with E-state index >= 15 is 0 Å².